The number of hydrogen-bond donors (Lipinski definition) is 7. The van der Waals surface area contributed by atoms with Gasteiger partial charge in [0.25, 0.3) is 0 Å². The van der Waals surface area contributed by atoms with Crippen molar-refractivity contribution in [2.75, 3.05) is 20.1 Å². The summed E-state index contributed by atoms with van der Waals surface area (Å²) < 4.78 is 0. The van der Waals surface area contributed by atoms with Gasteiger partial charge < -0.3 is 31.4 Å². The smallest absolute Gasteiger partial charge is 0.154 e. The van der Waals surface area contributed by atoms with Gasteiger partial charge in [-0.25, -0.2) is 5.43 Å². The molecule has 2 aliphatic carbocycles. The predicted octanol–water partition coefficient (Wildman–Crippen LogP) is 1.60. The summed E-state index contributed by atoms with van der Waals surface area (Å²) in [5.74, 6) is 1.65. The van der Waals surface area contributed by atoms with Crippen molar-refractivity contribution >= 4 is 0 Å². The van der Waals surface area contributed by atoms with Crippen molar-refractivity contribution in [3.8, 4) is 0 Å². The Morgan fingerprint density at radius 2 is 1.79 bits per heavy atom. The molecule has 8 heteroatoms. The third-order valence-electron chi connectivity index (χ3n) is 8.52. The summed E-state index contributed by atoms with van der Waals surface area (Å²) in [5, 5.41) is 36.7. The van der Waals surface area contributed by atoms with Gasteiger partial charge in [0.15, 0.2) is 6.29 Å². The highest BCUT2D eigenvalue weighted by Gasteiger charge is 2.41. The summed E-state index contributed by atoms with van der Waals surface area (Å²) in [6, 6.07) is 1.12. The number of piperidine rings is 1. The Morgan fingerprint density at radius 3 is 2.52 bits per heavy atom. The highest BCUT2D eigenvalue weighted by atomic mass is 16.5. The lowest BCUT2D eigenvalue weighted by Crippen LogP contribution is -2.59. The zero-order valence-corrected chi connectivity index (χ0v) is 20.8. The maximum absolute atomic E-state index is 11.4. The van der Waals surface area contributed by atoms with E-state index >= 15 is 0 Å². The molecule has 3 fully saturated rings. The van der Waals surface area contributed by atoms with Crippen molar-refractivity contribution in [1.29, 1.82) is 0 Å². The van der Waals surface area contributed by atoms with E-state index in [4.69, 9.17) is 0 Å². The first-order valence-electron chi connectivity index (χ1n) is 13.4. The van der Waals surface area contributed by atoms with Crippen molar-refractivity contribution in [3.63, 3.8) is 0 Å². The van der Waals surface area contributed by atoms with Crippen LogP contribution >= 0.6 is 0 Å². The first-order chi connectivity index (χ1) is 15.9. The van der Waals surface area contributed by atoms with E-state index in [0.717, 1.165) is 38.1 Å². The van der Waals surface area contributed by atoms with E-state index in [1.807, 2.05) is 14.0 Å². The number of aliphatic hydroxyl groups excluding tert-OH is 2. The van der Waals surface area contributed by atoms with E-state index in [0.29, 0.717) is 30.7 Å². The monoisotopic (exact) mass is 467 g/mol. The molecule has 0 aromatic carbocycles. The Morgan fingerprint density at radius 1 is 1.03 bits per heavy atom. The average Bonchev–Trinajstić information content (AvgIpc) is 2.84. The van der Waals surface area contributed by atoms with Crippen LogP contribution in [0.2, 0.25) is 0 Å². The standard InChI is InChI=1S/C25H49N5O3/c1-4-18(25(32)33)13-14-27-17(2)28-29-21-12-11-20(16-22(21)26-3)24(31)30-15-7-9-19-8-5-6-10-23(19)30/h18-29,31-33H,2,4-16H2,1,3H3. The number of hydrogen-bond acceptors (Lipinski definition) is 8. The maximum Gasteiger partial charge on any atom is 0.154 e. The lowest BCUT2D eigenvalue weighted by molar-refractivity contribution is -0.109. The van der Waals surface area contributed by atoms with Crippen molar-refractivity contribution < 1.29 is 15.3 Å². The minimum Gasteiger partial charge on any atom is -0.378 e. The minimum atomic E-state index is -1.27. The Labute approximate surface area is 200 Å². The van der Waals surface area contributed by atoms with E-state index in [2.05, 4.69) is 33.0 Å². The van der Waals surface area contributed by atoms with Gasteiger partial charge in [-0.05, 0) is 70.8 Å². The van der Waals surface area contributed by atoms with Crippen molar-refractivity contribution in [2.45, 2.75) is 108 Å². The third kappa shape index (κ3) is 7.29. The van der Waals surface area contributed by atoms with Crippen LogP contribution in [0, 0.1) is 17.8 Å². The lowest BCUT2D eigenvalue weighted by atomic mass is 9.76. The molecule has 2 saturated carbocycles. The molecule has 7 atom stereocenters. The van der Waals surface area contributed by atoms with Crippen molar-refractivity contribution in [3.05, 3.63) is 12.4 Å². The topological polar surface area (TPSA) is 112 Å². The molecule has 0 aromatic heterocycles. The molecule has 192 valence electrons. The number of fused-ring (bicyclic) bond motifs is 1. The summed E-state index contributed by atoms with van der Waals surface area (Å²) >= 11 is 0. The molecule has 0 aromatic rings. The molecule has 33 heavy (non-hydrogen) atoms. The van der Waals surface area contributed by atoms with Gasteiger partial charge in [-0.15, -0.1) is 0 Å². The largest absolute Gasteiger partial charge is 0.378 e. The second-order valence-electron chi connectivity index (χ2n) is 10.5. The Hall–Kier alpha value is -0.900. The lowest BCUT2D eigenvalue weighted by Gasteiger charge is -2.49. The normalized spacial score (nSPS) is 32.7. The Kier molecular flexibility index (Phi) is 10.7. The van der Waals surface area contributed by atoms with E-state index in [1.165, 1.54) is 38.5 Å². The van der Waals surface area contributed by atoms with E-state index in [9.17, 15) is 15.3 Å². The molecular weight excluding hydrogens is 418 g/mol. The van der Waals surface area contributed by atoms with Crippen LogP contribution in [-0.2, 0) is 0 Å². The van der Waals surface area contributed by atoms with Gasteiger partial charge >= 0.3 is 0 Å². The number of likely N-dealkylation sites (tertiary alicyclic amines) is 1. The molecule has 7 N–H and O–H groups in total. The first-order valence-corrected chi connectivity index (χ1v) is 13.4. The van der Waals surface area contributed by atoms with Crippen LogP contribution in [0.3, 0.4) is 0 Å². The number of aliphatic hydroxyl groups is 3. The fourth-order valence-corrected chi connectivity index (χ4v) is 6.42. The number of likely N-dealkylation sites (N-methyl/N-ethyl adjacent to an activating group) is 1. The summed E-state index contributed by atoms with van der Waals surface area (Å²) in [6.07, 6.45) is 10.6. The van der Waals surface area contributed by atoms with Crippen LogP contribution in [-0.4, -0.2) is 71.0 Å². The van der Waals surface area contributed by atoms with Crippen LogP contribution in [0.5, 0.6) is 0 Å². The number of rotatable bonds is 12. The molecule has 3 rings (SSSR count). The zero-order valence-electron chi connectivity index (χ0n) is 20.8. The minimum absolute atomic E-state index is 0.127. The van der Waals surface area contributed by atoms with E-state index in [-0.39, 0.29) is 24.2 Å². The highest BCUT2D eigenvalue weighted by Crippen LogP contribution is 2.39. The van der Waals surface area contributed by atoms with Crippen LogP contribution in [0.4, 0.5) is 0 Å². The number of nitrogens with zero attached hydrogens (tertiary/aromatic N) is 1. The van der Waals surface area contributed by atoms with Crippen LogP contribution < -0.4 is 21.5 Å². The Bertz CT molecular complexity index is 590. The predicted molar refractivity (Wildman–Crippen MR) is 132 cm³/mol. The van der Waals surface area contributed by atoms with Gasteiger partial charge in [-0.3, -0.25) is 4.90 Å². The van der Waals surface area contributed by atoms with Crippen LogP contribution in [0.1, 0.15) is 77.6 Å². The Balaban J connectivity index is 1.43. The van der Waals surface area contributed by atoms with Gasteiger partial charge in [0, 0.05) is 43.1 Å². The fourth-order valence-electron chi connectivity index (χ4n) is 6.42. The molecule has 1 heterocycles. The molecule has 1 saturated heterocycles. The first kappa shape index (κ1) is 26.7. The van der Waals surface area contributed by atoms with Crippen LogP contribution in [0.15, 0.2) is 12.4 Å². The second kappa shape index (κ2) is 13.3. The third-order valence-corrected chi connectivity index (χ3v) is 8.52. The molecule has 1 aliphatic heterocycles. The quantitative estimate of drug-likeness (QED) is 0.171. The number of nitrogens with one attached hydrogen (secondary N) is 4. The van der Waals surface area contributed by atoms with Gasteiger partial charge in [0.2, 0.25) is 0 Å². The molecule has 0 spiro atoms. The molecule has 0 amide bonds. The van der Waals surface area contributed by atoms with Crippen molar-refractivity contribution in [2.24, 2.45) is 17.8 Å². The second-order valence-corrected chi connectivity index (χ2v) is 10.5. The maximum atomic E-state index is 11.4. The van der Waals surface area contributed by atoms with Gasteiger partial charge in [0.05, 0.1) is 0 Å². The molecular formula is C25H49N5O3. The van der Waals surface area contributed by atoms with Crippen LogP contribution in [0.25, 0.3) is 0 Å². The van der Waals surface area contributed by atoms with Gasteiger partial charge in [0.1, 0.15) is 12.0 Å². The number of hydrazine groups is 1. The summed E-state index contributed by atoms with van der Waals surface area (Å²) in [4.78, 5) is 2.45. The molecule has 7 unspecified atom stereocenters. The fraction of sp³-hybridized carbons (Fsp3) is 0.920. The zero-order chi connectivity index (χ0) is 23.8. The highest BCUT2D eigenvalue weighted by molar-refractivity contribution is 4.96. The van der Waals surface area contributed by atoms with Gasteiger partial charge in [-0.1, -0.05) is 26.3 Å². The van der Waals surface area contributed by atoms with E-state index < -0.39 is 6.29 Å². The molecule has 3 aliphatic rings. The average molecular weight is 468 g/mol. The molecule has 8 nitrogen and oxygen atoms in total. The SMILES string of the molecule is C=C(NCCC(CC)C(O)O)NNC1CCC(C(O)N2CCCC3CCCCC32)CC1NC. The molecule has 0 radical (unpaired) electrons. The molecule has 0 bridgehead atoms. The summed E-state index contributed by atoms with van der Waals surface area (Å²) in [7, 11) is 2.00. The van der Waals surface area contributed by atoms with E-state index in [1.54, 1.807) is 0 Å². The van der Waals surface area contributed by atoms with Crippen molar-refractivity contribution in [1.82, 2.24) is 26.4 Å². The van der Waals surface area contributed by atoms with Gasteiger partial charge in [-0.2, -0.15) is 0 Å². The summed E-state index contributed by atoms with van der Waals surface area (Å²) in [6.45, 7) is 7.66. The summed E-state index contributed by atoms with van der Waals surface area (Å²) in [5.41, 5.74) is 6.60.